The first-order valence-electron chi connectivity index (χ1n) is 5.62. The summed E-state index contributed by atoms with van der Waals surface area (Å²) in [5.41, 5.74) is 0.127. The van der Waals surface area contributed by atoms with E-state index in [-0.39, 0.29) is 18.0 Å². The highest BCUT2D eigenvalue weighted by molar-refractivity contribution is 5.85. The Morgan fingerprint density at radius 2 is 2.29 bits per heavy atom. The summed E-state index contributed by atoms with van der Waals surface area (Å²) in [6, 6.07) is 0.338. The highest BCUT2D eigenvalue weighted by Gasteiger charge is 2.23. The number of nitrogens with zero attached hydrogens (tertiary/aromatic N) is 2. The van der Waals surface area contributed by atoms with Crippen molar-refractivity contribution in [2.24, 2.45) is 0 Å². The third-order valence-electron chi connectivity index (χ3n) is 2.78. The Labute approximate surface area is 98.7 Å². The SMILES string of the molecule is Cc1ncc(C(=O)O)n1CCC(=O)NC1CC1. The van der Waals surface area contributed by atoms with E-state index in [2.05, 4.69) is 10.3 Å². The van der Waals surface area contributed by atoms with Gasteiger partial charge in [-0.15, -0.1) is 0 Å². The average molecular weight is 237 g/mol. The summed E-state index contributed by atoms with van der Waals surface area (Å²) in [5.74, 6) is -0.438. The molecule has 6 nitrogen and oxygen atoms in total. The summed E-state index contributed by atoms with van der Waals surface area (Å²) >= 11 is 0. The van der Waals surface area contributed by atoms with Gasteiger partial charge in [0.15, 0.2) is 0 Å². The molecule has 1 fully saturated rings. The van der Waals surface area contributed by atoms with Crippen molar-refractivity contribution in [1.82, 2.24) is 14.9 Å². The number of aromatic nitrogens is 2. The van der Waals surface area contributed by atoms with Crippen LogP contribution >= 0.6 is 0 Å². The molecule has 1 aliphatic rings. The molecule has 0 saturated heterocycles. The Morgan fingerprint density at radius 3 is 2.88 bits per heavy atom. The van der Waals surface area contributed by atoms with Crippen LogP contribution in [0.2, 0.25) is 0 Å². The largest absolute Gasteiger partial charge is 0.477 e. The predicted octanol–water partition coefficient (Wildman–Crippen LogP) is 0.558. The molecule has 1 aromatic heterocycles. The summed E-state index contributed by atoms with van der Waals surface area (Å²) in [7, 11) is 0. The normalized spacial score (nSPS) is 14.6. The molecule has 0 spiro atoms. The van der Waals surface area contributed by atoms with Crippen molar-refractivity contribution in [2.75, 3.05) is 0 Å². The van der Waals surface area contributed by atoms with E-state index in [0.717, 1.165) is 12.8 Å². The molecule has 0 bridgehead atoms. The number of aromatic carboxylic acids is 1. The molecule has 0 aliphatic heterocycles. The Hall–Kier alpha value is -1.85. The van der Waals surface area contributed by atoms with E-state index in [0.29, 0.717) is 18.4 Å². The maximum absolute atomic E-state index is 11.5. The second kappa shape index (κ2) is 4.57. The highest BCUT2D eigenvalue weighted by Crippen LogP contribution is 2.18. The molecule has 0 unspecified atom stereocenters. The van der Waals surface area contributed by atoms with Gasteiger partial charge in [0.2, 0.25) is 5.91 Å². The van der Waals surface area contributed by atoms with Gasteiger partial charge in [-0.1, -0.05) is 0 Å². The van der Waals surface area contributed by atoms with Crippen LogP contribution in [-0.2, 0) is 11.3 Å². The molecule has 1 amide bonds. The summed E-state index contributed by atoms with van der Waals surface area (Å²) in [6.45, 7) is 2.08. The molecule has 1 saturated carbocycles. The van der Waals surface area contributed by atoms with Crippen LogP contribution in [0.5, 0.6) is 0 Å². The summed E-state index contributed by atoms with van der Waals surface area (Å²) in [6.07, 6.45) is 3.71. The lowest BCUT2D eigenvalue weighted by molar-refractivity contribution is -0.121. The third-order valence-corrected chi connectivity index (χ3v) is 2.78. The Morgan fingerprint density at radius 1 is 1.59 bits per heavy atom. The fraction of sp³-hybridized carbons (Fsp3) is 0.545. The van der Waals surface area contributed by atoms with E-state index in [9.17, 15) is 9.59 Å². The quantitative estimate of drug-likeness (QED) is 0.783. The van der Waals surface area contributed by atoms with Gasteiger partial charge in [0.1, 0.15) is 11.5 Å². The molecule has 1 aliphatic carbocycles. The number of carboxylic acid groups (broad SMARTS) is 1. The maximum Gasteiger partial charge on any atom is 0.354 e. The molecular weight excluding hydrogens is 222 g/mol. The van der Waals surface area contributed by atoms with Crippen LogP contribution in [0.1, 0.15) is 35.6 Å². The van der Waals surface area contributed by atoms with Crippen LogP contribution in [0.25, 0.3) is 0 Å². The van der Waals surface area contributed by atoms with E-state index in [1.165, 1.54) is 6.20 Å². The van der Waals surface area contributed by atoms with Crippen molar-refractivity contribution in [3.05, 3.63) is 17.7 Å². The van der Waals surface area contributed by atoms with Crippen LogP contribution in [0.3, 0.4) is 0 Å². The minimum absolute atomic E-state index is 0.0306. The molecule has 2 N–H and O–H groups in total. The van der Waals surface area contributed by atoms with Crippen molar-refractivity contribution in [2.45, 2.75) is 38.8 Å². The first kappa shape index (κ1) is 11.6. The summed E-state index contributed by atoms with van der Waals surface area (Å²) in [4.78, 5) is 26.3. The number of carbonyl (C=O) groups excluding carboxylic acids is 1. The first-order chi connectivity index (χ1) is 8.08. The predicted molar refractivity (Wildman–Crippen MR) is 59.7 cm³/mol. The van der Waals surface area contributed by atoms with Gasteiger partial charge in [0.05, 0.1) is 6.20 Å². The third kappa shape index (κ3) is 2.83. The van der Waals surface area contributed by atoms with E-state index in [1.807, 2.05) is 0 Å². The lowest BCUT2D eigenvalue weighted by atomic mass is 10.3. The van der Waals surface area contributed by atoms with E-state index < -0.39 is 5.97 Å². The number of hydrogen-bond donors (Lipinski definition) is 2. The van der Waals surface area contributed by atoms with Crippen molar-refractivity contribution >= 4 is 11.9 Å². The Balaban J connectivity index is 1.95. The van der Waals surface area contributed by atoms with Crippen LogP contribution in [0.15, 0.2) is 6.20 Å². The number of nitrogens with one attached hydrogen (secondary N) is 1. The van der Waals surface area contributed by atoms with Crippen LogP contribution in [0, 0.1) is 6.92 Å². The molecule has 2 rings (SSSR count). The average Bonchev–Trinajstić information content (AvgIpc) is 2.98. The van der Waals surface area contributed by atoms with Crippen molar-refractivity contribution in [3.63, 3.8) is 0 Å². The van der Waals surface area contributed by atoms with E-state index in [1.54, 1.807) is 11.5 Å². The maximum atomic E-state index is 11.5. The molecule has 0 radical (unpaired) electrons. The minimum Gasteiger partial charge on any atom is -0.477 e. The minimum atomic E-state index is -1.02. The fourth-order valence-corrected chi connectivity index (χ4v) is 1.66. The van der Waals surface area contributed by atoms with Gasteiger partial charge in [0.25, 0.3) is 0 Å². The second-order valence-corrected chi connectivity index (χ2v) is 4.24. The molecule has 17 heavy (non-hydrogen) atoms. The van der Waals surface area contributed by atoms with Gasteiger partial charge in [-0.3, -0.25) is 4.79 Å². The first-order valence-corrected chi connectivity index (χ1v) is 5.62. The number of aryl methyl sites for hydroxylation is 1. The van der Waals surface area contributed by atoms with Crippen LogP contribution in [-0.4, -0.2) is 32.6 Å². The summed E-state index contributed by atoms with van der Waals surface area (Å²) < 4.78 is 1.55. The zero-order chi connectivity index (χ0) is 12.4. The molecular formula is C11H15N3O3. The number of carboxylic acids is 1. The molecule has 1 heterocycles. The molecule has 1 aromatic rings. The Kier molecular flexibility index (Phi) is 3.12. The molecule has 6 heteroatoms. The number of hydrogen-bond acceptors (Lipinski definition) is 3. The zero-order valence-corrected chi connectivity index (χ0v) is 9.64. The Bertz CT molecular complexity index is 449. The van der Waals surface area contributed by atoms with E-state index >= 15 is 0 Å². The van der Waals surface area contributed by atoms with Crippen molar-refractivity contribution in [3.8, 4) is 0 Å². The molecule has 0 aromatic carbocycles. The van der Waals surface area contributed by atoms with Crippen molar-refractivity contribution in [1.29, 1.82) is 0 Å². The van der Waals surface area contributed by atoms with Gasteiger partial charge in [0, 0.05) is 19.0 Å². The van der Waals surface area contributed by atoms with Gasteiger partial charge in [-0.25, -0.2) is 9.78 Å². The van der Waals surface area contributed by atoms with Gasteiger partial charge < -0.3 is 15.0 Å². The molecule has 92 valence electrons. The molecule has 0 atom stereocenters. The summed E-state index contributed by atoms with van der Waals surface area (Å²) in [5, 5.41) is 11.8. The standard InChI is InChI=1S/C11H15N3O3/c1-7-12-6-9(11(16)17)14(7)5-4-10(15)13-8-2-3-8/h6,8H,2-5H2,1H3,(H,13,15)(H,16,17). The van der Waals surface area contributed by atoms with E-state index in [4.69, 9.17) is 5.11 Å². The highest BCUT2D eigenvalue weighted by atomic mass is 16.4. The van der Waals surface area contributed by atoms with Crippen molar-refractivity contribution < 1.29 is 14.7 Å². The lowest BCUT2D eigenvalue weighted by Crippen LogP contribution is -2.26. The van der Waals surface area contributed by atoms with Gasteiger partial charge >= 0.3 is 5.97 Å². The number of imidazole rings is 1. The number of carbonyl (C=O) groups is 2. The smallest absolute Gasteiger partial charge is 0.354 e. The zero-order valence-electron chi connectivity index (χ0n) is 9.64. The second-order valence-electron chi connectivity index (χ2n) is 4.24. The number of amides is 1. The topological polar surface area (TPSA) is 84.2 Å². The number of rotatable bonds is 5. The fourth-order valence-electron chi connectivity index (χ4n) is 1.66. The lowest BCUT2D eigenvalue weighted by Gasteiger charge is -2.07. The van der Waals surface area contributed by atoms with Gasteiger partial charge in [-0.2, -0.15) is 0 Å². The van der Waals surface area contributed by atoms with Crippen LogP contribution < -0.4 is 5.32 Å². The van der Waals surface area contributed by atoms with Crippen LogP contribution in [0.4, 0.5) is 0 Å². The monoisotopic (exact) mass is 237 g/mol. The van der Waals surface area contributed by atoms with Gasteiger partial charge in [-0.05, 0) is 19.8 Å².